The molecule has 0 aliphatic rings. The molecule has 0 aliphatic carbocycles. The first-order valence-corrected chi connectivity index (χ1v) is 11.3. The highest BCUT2D eigenvalue weighted by atomic mass is 16.3. The van der Waals surface area contributed by atoms with Crippen LogP contribution in [0.1, 0.15) is 69.4 Å². The van der Waals surface area contributed by atoms with Gasteiger partial charge in [-0.1, -0.05) is 60.3 Å². The van der Waals surface area contributed by atoms with Crippen LogP contribution in [0.2, 0.25) is 0 Å². The first-order valence-electron chi connectivity index (χ1n) is 11.3. The molecule has 0 unspecified atom stereocenters. The second-order valence-electron chi connectivity index (χ2n) is 11.1. The van der Waals surface area contributed by atoms with Gasteiger partial charge in [-0.3, -0.25) is 0 Å². The molecule has 0 spiro atoms. The van der Waals surface area contributed by atoms with Crippen molar-refractivity contribution < 1.29 is 15.3 Å². The highest BCUT2D eigenvalue weighted by Gasteiger charge is 2.26. The molecule has 0 radical (unpaired) electrons. The zero-order chi connectivity index (χ0) is 24.9. The SMILES string of the molecule is C=Cc1cc(-c2cc(C)cc(-c3cc(C)cc(C(C)(C)C)c3O)c2O)c(O)c(C(C)(C)C)c1. The van der Waals surface area contributed by atoms with E-state index in [1.165, 1.54) is 0 Å². The number of aromatic hydroxyl groups is 3. The van der Waals surface area contributed by atoms with Gasteiger partial charge in [-0.25, -0.2) is 0 Å². The van der Waals surface area contributed by atoms with E-state index in [4.69, 9.17) is 0 Å². The van der Waals surface area contributed by atoms with Crippen LogP contribution < -0.4 is 0 Å². The molecule has 3 nitrogen and oxygen atoms in total. The van der Waals surface area contributed by atoms with Crippen LogP contribution in [0.5, 0.6) is 17.2 Å². The van der Waals surface area contributed by atoms with Gasteiger partial charge < -0.3 is 15.3 Å². The van der Waals surface area contributed by atoms with Crippen molar-refractivity contribution in [2.75, 3.05) is 0 Å². The number of phenolic OH excluding ortho intramolecular Hbond substituents is 3. The van der Waals surface area contributed by atoms with E-state index in [9.17, 15) is 15.3 Å². The van der Waals surface area contributed by atoms with Gasteiger partial charge in [0.05, 0.1) is 0 Å². The van der Waals surface area contributed by atoms with Gasteiger partial charge in [-0.2, -0.15) is 0 Å². The Morgan fingerprint density at radius 2 is 0.939 bits per heavy atom. The fraction of sp³-hybridized carbons (Fsp3) is 0.333. The quantitative estimate of drug-likeness (QED) is 0.383. The van der Waals surface area contributed by atoms with Crippen LogP contribution in [0.15, 0.2) is 43.0 Å². The summed E-state index contributed by atoms with van der Waals surface area (Å²) >= 11 is 0. The first kappa shape index (κ1) is 24.4. The molecule has 0 saturated heterocycles. The average Bonchev–Trinajstić information content (AvgIpc) is 2.69. The third-order valence-corrected chi connectivity index (χ3v) is 6.07. The van der Waals surface area contributed by atoms with Crippen LogP contribution in [0.3, 0.4) is 0 Å². The van der Waals surface area contributed by atoms with E-state index < -0.39 is 0 Å². The number of benzene rings is 3. The molecule has 3 aromatic carbocycles. The van der Waals surface area contributed by atoms with Crippen LogP contribution in [0, 0.1) is 13.8 Å². The molecule has 0 bridgehead atoms. The van der Waals surface area contributed by atoms with Crippen molar-refractivity contribution in [3.63, 3.8) is 0 Å². The fourth-order valence-corrected chi connectivity index (χ4v) is 4.30. The van der Waals surface area contributed by atoms with E-state index in [0.29, 0.717) is 22.3 Å². The van der Waals surface area contributed by atoms with Crippen LogP contribution in [0.25, 0.3) is 28.3 Å². The van der Waals surface area contributed by atoms with Gasteiger partial charge in [-0.15, -0.1) is 0 Å². The summed E-state index contributed by atoms with van der Waals surface area (Å²) in [6, 6.07) is 11.4. The Morgan fingerprint density at radius 3 is 1.36 bits per heavy atom. The van der Waals surface area contributed by atoms with Crippen LogP contribution in [-0.4, -0.2) is 15.3 Å². The normalized spacial score (nSPS) is 12.1. The summed E-state index contributed by atoms with van der Waals surface area (Å²) in [5.74, 6) is 0.334. The van der Waals surface area contributed by atoms with Crippen molar-refractivity contribution in [2.24, 2.45) is 0 Å². The molecule has 0 aliphatic heterocycles. The molecule has 3 N–H and O–H groups in total. The summed E-state index contributed by atoms with van der Waals surface area (Å²) < 4.78 is 0. The van der Waals surface area contributed by atoms with Gasteiger partial charge in [0, 0.05) is 33.4 Å². The number of hydrogen-bond donors (Lipinski definition) is 3. The van der Waals surface area contributed by atoms with Gasteiger partial charge >= 0.3 is 0 Å². The minimum atomic E-state index is -0.295. The first-order chi connectivity index (χ1) is 15.1. The zero-order valence-electron chi connectivity index (χ0n) is 21.1. The van der Waals surface area contributed by atoms with Gasteiger partial charge in [0.2, 0.25) is 0 Å². The lowest BCUT2D eigenvalue weighted by atomic mass is 9.81. The third kappa shape index (κ3) is 4.64. The highest BCUT2D eigenvalue weighted by Crippen LogP contribution is 2.48. The molecule has 0 heterocycles. The summed E-state index contributed by atoms with van der Waals surface area (Å²) in [4.78, 5) is 0. The third-order valence-electron chi connectivity index (χ3n) is 6.07. The maximum absolute atomic E-state index is 11.5. The van der Waals surface area contributed by atoms with E-state index in [1.54, 1.807) is 6.08 Å². The second kappa shape index (κ2) is 8.30. The van der Waals surface area contributed by atoms with E-state index in [0.717, 1.165) is 27.8 Å². The summed E-state index contributed by atoms with van der Waals surface area (Å²) in [5, 5.41) is 33.9. The summed E-state index contributed by atoms with van der Waals surface area (Å²) in [5.41, 5.74) is 6.02. The molecule has 0 aromatic heterocycles. The van der Waals surface area contributed by atoms with Crippen LogP contribution >= 0.6 is 0 Å². The predicted octanol–water partition coefficient (Wildman–Crippen LogP) is 7.99. The minimum Gasteiger partial charge on any atom is -0.507 e. The fourth-order valence-electron chi connectivity index (χ4n) is 4.30. The molecule has 3 heteroatoms. The Kier molecular flexibility index (Phi) is 6.14. The predicted molar refractivity (Wildman–Crippen MR) is 139 cm³/mol. The molecule has 3 aromatic rings. The largest absolute Gasteiger partial charge is 0.507 e. The molecule has 33 heavy (non-hydrogen) atoms. The van der Waals surface area contributed by atoms with Crippen molar-refractivity contribution >= 4 is 6.08 Å². The lowest BCUT2D eigenvalue weighted by molar-refractivity contribution is 0.445. The summed E-state index contributed by atoms with van der Waals surface area (Å²) in [6.07, 6.45) is 1.74. The number of aryl methyl sites for hydroxylation is 2. The minimum absolute atomic E-state index is 0.0257. The Labute approximate surface area is 198 Å². The molecule has 174 valence electrons. The number of phenols is 3. The van der Waals surface area contributed by atoms with Crippen molar-refractivity contribution in [1.29, 1.82) is 0 Å². The average molecular weight is 445 g/mol. The Morgan fingerprint density at radius 1 is 0.576 bits per heavy atom. The van der Waals surface area contributed by atoms with Gasteiger partial charge in [0.1, 0.15) is 17.2 Å². The van der Waals surface area contributed by atoms with Gasteiger partial charge in [-0.05, 0) is 71.7 Å². The Balaban J connectivity index is 2.38. The van der Waals surface area contributed by atoms with E-state index in [2.05, 4.69) is 27.4 Å². The van der Waals surface area contributed by atoms with Crippen molar-refractivity contribution in [3.05, 3.63) is 70.8 Å². The molecule has 3 rings (SSSR count). The van der Waals surface area contributed by atoms with Gasteiger partial charge in [0.25, 0.3) is 0 Å². The Hall–Kier alpha value is -3.20. The second-order valence-corrected chi connectivity index (χ2v) is 11.1. The zero-order valence-corrected chi connectivity index (χ0v) is 21.1. The van der Waals surface area contributed by atoms with E-state index in [1.807, 2.05) is 71.0 Å². The number of hydrogen-bond acceptors (Lipinski definition) is 3. The van der Waals surface area contributed by atoms with Crippen molar-refractivity contribution in [1.82, 2.24) is 0 Å². The van der Waals surface area contributed by atoms with Crippen LogP contribution in [-0.2, 0) is 10.8 Å². The maximum atomic E-state index is 11.5. The lowest BCUT2D eigenvalue weighted by Gasteiger charge is -2.25. The maximum Gasteiger partial charge on any atom is 0.131 e. The Bertz CT molecular complexity index is 1240. The van der Waals surface area contributed by atoms with E-state index in [-0.39, 0.29) is 28.1 Å². The lowest BCUT2D eigenvalue weighted by Crippen LogP contribution is -2.12. The molecule has 0 saturated carbocycles. The monoisotopic (exact) mass is 444 g/mol. The number of rotatable bonds is 3. The molecule has 0 amide bonds. The molecule has 0 fully saturated rings. The van der Waals surface area contributed by atoms with Crippen LogP contribution in [0.4, 0.5) is 0 Å². The summed E-state index contributed by atoms with van der Waals surface area (Å²) in [7, 11) is 0. The summed E-state index contributed by atoms with van der Waals surface area (Å²) in [6.45, 7) is 20.1. The van der Waals surface area contributed by atoms with Crippen molar-refractivity contribution in [3.8, 4) is 39.5 Å². The highest BCUT2D eigenvalue weighted by molar-refractivity contribution is 5.88. The van der Waals surface area contributed by atoms with E-state index >= 15 is 0 Å². The van der Waals surface area contributed by atoms with Gasteiger partial charge in [0.15, 0.2) is 0 Å². The molecular formula is C30H36O3. The topological polar surface area (TPSA) is 60.7 Å². The standard InChI is InChI=1S/C30H36O3/c1-10-19-15-23(28(33)25(16-19)30(7,8)9)21-12-17(2)11-20(26(21)31)22-13-18(3)14-24(27(22)32)29(4,5)6/h10-16,31-33H,1H2,2-9H3. The smallest absolute Gasteiger partial charge is 0.131 e. The molecule has 0 atom stereocenters. The molecular weight excluding hydrogens is 408 g/mol. The van der Waals surface area contributed by atoms with Crippen molar-refractivity contribution in [2.45, 2.75) is 66.2 Å².